The third-order valence-electron chi connectivity index (χ3n) is 5.53. The number of aromatic nitrogens is 1. The van der Waals surface area contributed by atoms with Crippen molar-refractivity contribution < 1.29 is 9.90 Å². The first-order valence-corrected chi connectivity index (χ1v) is 11.5. The fourth-order valence-electron chi connectivity index (χ4n) is 3.91. The van der Waals surface area contributed by atoms with Gasteiger partial charge in [-0.3, -0.25) is 0 Å². The average molecular weight is 431 g/mol. The number of nitrogens with zero attached hydrogens (tertiary/aromatic N) is 1. The molecule has 2 N–H and O–H groups in total. The van der Waals surface area contributed by atoms with Crippen LogP contribution in [0.1, 0.15) is 32.7 Å². The molecule has 4 aromatic rings. The Balaban J connectivity index is 1.64. The molecule has 1 aromatic heterocycles. The van der Waals surface area contributed by atoms with Crippen LogP contribution in [0.2, 0.25) is 0 Å². The lowest BCUT2D eigenvalue weighted by Gasteiger charge is -2.10. The lowest BCUT2D eigenvalue weighted by molar-refractivity contribution is 0.0685. The molecule has 31 heavy (non-hydrogen) atoms. The van der Waals surface area contributed by atoms with Crippen molar-refractivity contribution >= 4 is 28.6 Å². The molecule has 5 heteroatoms. The highest BCUT2D eigenvalue weighted by atomic mass is 32.2. The van der Waals surface area contributed by atoms with E-state index in [1.807, 2.05) is 28.8 Å². The van der Waals surface area contributed by atoms with Crippen LogP contribution in [0.5, 0.6) is 0 Å². The second-order valence-corrected chi connectivity index (χ2v) is 8.55. The summed E-state index contributed by atoms with van der Waals surface area (Å²) < 4.78 is 1.92. The predicted molar refractivity (Wildman–Crippen MR) is 128 cm³/mol. The molecule has 0 aliphatic rings. The van der Waals surface area contributed by atoms with Gasteiger partial charge in [0.15, 0.2) is 0 Å². The van der Waals surface area contributed by atoms with Gasteiger partial charge in [0.05, 0.1) is 0 Å². The smallest absolute Gasteiger partial charge is 0.352 e. The molecule has 0 fully saturated rings. The van der Waals surface area contributed by atoms with Crippen LogP contribution in [0.4, 0.5) is 0 Å². The monoisotopic (exact) mass is 430 g/mol. The fraction of sp³-hybridized carbons (Fsp3) is 0.192. The van der Waals surface area contributed by atoms with Gasteiger partial charge in [-0.2, -0.15) is 0 Å². The summed E-state index contributed by atoms with van der Waals surface area (Å²) in [7, 11) is 0. The van der Waals surface area contributed by atoms with Crippen molar-refractivity contribution in [2.75, 3.05) is 6.26 Å². The van der Waals surface area contributed by atoms with Gasteiger partial charge in [-0.15, -0.1) is 11.8 Å². The predicted octanol–water partition coefficient (Wildman–Crippen LogP) is 5.71. The van der Waals surface area contributed by atoms with Crippen LogP contribution in [-0.4, -0.2) is 21.9 Å². The summed E-state index contributed by atoms with van der Waals surface area (Å²) in [6, 6.07) is 24.6. The second kappa shape index (κ2) is 9.41. The van der Waals surface area contributed by atoms with Crippen molar-refractivity contribution in [2.45, 2.75) is 31.5 Å². The summed E-state index contributed by atoms with van der Waals surface area (Å²) in [6.45, 7) is 3.76. The van der Waals surface area contributed by atoms with Gasteiger partial charge < -0.3 is 15.0 Å². The molecular weight excluding hydrogens is 404 g/mol. The van der Waals surface area contributed by atoms with Crippen LogP contribution in [0, 0.1) is 6.92 Å². The van der Waals surface area contributed by atoms with Gasteiger partial charge in [0.1, 0.15) is 5.69 Å². The molecular formula is C26H26N2O2S. The Morgan fingerprint density at radius 3 is 2.29 bits per heavy atom. The van der Waals surface area contributed by atoms with Gasteiger partial charge in [0, 0.05) is 41.0 Å². The Bertz CT molecular complexity index is 1190. The minimum atomic E-state index is -0.899. The zero-order valence-corrected chi connectivity index (χ0v) is 18.6. The summed E-state index contributed by atoms with van der Waals surface area (Å²) in [6.07, 6.45) is 2.06. The number of hydrogen-bond donors (Lipinski definition) is 2. The molecule has 0 saturated heterocycles. The van der Waals surface area contributed by atoms with Crippen molar-refractivity contribution in [1.82, 2.24) is 9.88 Å². The third-order valence-corrected chi connectivity index (χ3v) is 6.27. The van der Waals surface area contributed by atoms with Gasteiger partial charge in [0.2, 0.25) is 0 Å². The highest BCUT2D eigenvalue weighted by Crippen LogP contribution is 2.28. The topological polar surface area (TPSA) is 54.3 Å². The van der Waals surface area contributed by atoms with E-state index in [0.717, 1.165) is 22.0 Å². The molecule has 1 heterocycles. The fourth-order valence-corrected chi connectivity index (χ4v) is 4.32. The number of carbonyl (C=O) groups is 1. The van der Waals surface area contributed by atoms with Gasteiger partial charge in [-0.05, 0) is 42.5 Å². The zero-order chi connectivity index (χ0) is 21.8. The molecule has 0 atom stereocenters. The van der Waals surface area contributed by atoms with E-state index in [0.29, 0.717) is 25.3 Å². The van der Waals surface area contributed by atoms with E-state index in [9.17, 15) is 9.90 Å². The number of aromatic carboxylic acids is 1. The van der Waals surface area contributed by atoms with Gasteiger partial charge in [0.25, 0.3) is 0 Å². The number of para-hydroxylation sites is 1. The number of benzene rings is 3. The van der Waals surface area contributed by atoms with Crippen LogP contribution in [-0.2, 0) is 19.6 Å². The molecule has 0 unspecified atom stereocenters. The lowest BCUT2D eigenvalue weighted by Crippen LogP contribution is -2.17. The number of carboxylic acid groups (broad SMARTS) is 1. The number of rotatable bonds is 8. The standard InChI is InChI=1S/C26H26N2O2S/c1-18-7-9-20(10-8-18)17-28-24-6-4-3-5-22(24)23(25(28)26(29)30)16-27-15-19-11-13-21(31-2)14-12-19/h3-14,27H,15-17H2,1-2H3,(H,29,30). The molecule has 0 spiro atoms. The van der Waals surface area contributed by atoms with Crippen molar-refractivity contribution in [3.63, 3.8) is 0 Å². The Morgan fingerprint density at radius 1 is 0.935 bits per heavy atom. The maximum atomic E-state index is 12.3. The van der Waals surface area contributed by atoms with Gasteiger partial charge in [-0.25, -0.2) is 4.79 Å². The molecule has 4 rings (SSSR count). The summed E-state index contributed by atoms with van der Waals surface area (Å²) in [5, 5.41) is 14.5. The quantitative estimate of drug-likeness (QED) is 0.352. The minimum absolute atomic E-state index is 0.354. The van der Waals surface area contributed by atoms with E-state index in [4.69, 9.17) is 0 Å². The first-order chi connectivity index (χ1) is 15.1. The first kappa shape index (κ1) is 21.2. The average Bonchev–Trinajstić information content (AvgIpc) is 3.09. The minimum Gasteiger partial charge on any atom is -0.477 e. The normalized spacial score (nSPS) is 11.2. The molecule has 4 nitrogen and oxygen atoms in total. The van der Waals surface area contributed by atoms with Crippen LogP contribution in [0.15, 0.2) is 77.7 Å². The number of hydrogen-bond acceptors (Lipinski definition) is 3. The number of thioether (sulfide) groups is 1. The van der Waals surface area contributed by atoms with E-state index < -0.39 is 5.97 Å². The number of fused-ring (bicyclic) bond motifs is 1. The van der Waals surface area contributed by atoms with Crippen molar-refractivity contribution in [3.05, 3.63) is 101 Å². The molecule has 0 amide bonds. The summed E-state index contributed by atoms with van der Waals surface area (Å²) in [5.41, 5.74) is 5.58. The maximum absolute atomic E-state index is 12.3. The molecule has 158 valence electrons. The molecule has 0 aliphatic heterocycles. The summed E-state index contributed by atoms with van der Waals surface area (Å²) >= 11 is 1.72. The van der Waals surface area contributed by atoms with Gasteiger partial charge in [-0.1, -0.05) is 60.2 Å². The van der Waals surface area contributed by atoms with Crippen molar-refractivity contribution in [1.29, 1.82) is 0 Å². The molecule has 0 radical (unpaired) electrons. The number of carboxylic acids is 1. The molecule has 0 bridgehead atoms. The molecule has 0 aliphatic carbocycles. The van der Waals surface area contributed by atoms with Gasteiger partial charge >= 0.3 is 5.97 Å². The van der Waals surface area contributed by atoms with Crippen LogP contribution in [0.25, 0.3) is 10.9 Å². The highest BCUT2D eigenvalue weighted by Gasteiger charge is 2.22. The Hall–Kier alpha value is -3.02. The molecule has 3 aromatic carbocycles. The van der Waals surface area contributed by atoms with Crippen LogP contribution in [0.3, 0.4) is 0 Å². The van der Waals surface area contributed by atoms with Crippen LogP contribution < -0.4 is 5.32 Å². The second-order valence-electron chi connectivity index (χ2n) is 7.67. The van der Waals surface area contributed by atoms with Crippen molar-refractivity contribution in [2.24, 2.45) is 0 Å². The summed E-state index contributed by atoms with van der Waals surface area (Å²) in [4.78, 5) is 13.5. The Kier molecular flexibility index (Phi) is 6.44. The van der Waals surface area contributed by atoms with E-state index >= 15 is 0 Å². The maximum Gasteiger partial charge on any atom is 0.352 e. The molecule has 0 saturated carbocycles. The SMILES string of the molecule is CSc1ccc(CNCc2c(C(=O)O)n(Cc3ccc(C)cc3)c3ccccc23)cc1. The summed E-state index contributed by atoms with van der Waals surface area (Å²) in [5.74, 6) is -0.899. The Labute approximate surface area is 186 Å². The van der Waals surface area contributed by atoms with E-state index in [1.165, 1.54) is 16.0 Å². The number of nitrogens with one attached hydrogen (secondary N) is 1. The van der Waals surface area contributed by atoms with E-state index in [1.54, 1.807) is 11.8 Å². The largest absolute Gasteiger partial charge is 0.477 e. The third kappa shape index (κ3) is 4.68. The van der Waals surface area contributed by atoms with Crippen molar-refractivity contribution in [3.8, 4) is 0 Å². The first-order valence-electron chi connectivity index (χ1n) is 10.3. The van der Waals surface area contributed by atoms with E-state index in [2.05, 4.69) is 67.0 Å². The lowest BCUT2D eigenvalue weighted by atomic mass is 10.1. The van der Waals surface area contributed by atoms with E-state index in [-0.39, 0.29) is 0 Å². The number of aryl methyl sites for hydroxylation is 1. The Morgan fingerprint density at radius 2 is 1.61 bits per heavy atom. The highest BCUT2D eigenvalue weighted by molar-refractivity contribution is 7.98. The van der Waals surface area contributed by atoms with Crippen LogP contribution >= 0.6 is 11.8 Å². The zero-order valence-electron chi connectivity index (χ0n) is 17.8.